The van der Waals surface area contributed by atoms with Gasteiger partial charge in [0.15, 0.2) is 5.78 Å². The quantitative estimate of drug-likeness (QED) is 0.511. The van der Waals surface area contributed by atoms with Crippen LogP contribution in [0.4, 0.5) is 17.6 Å². The van der Waals surface area contributed by atoms with E-state index in [1.54, 1.807) is 12.2 Å². The predicted molar refractivity (Wildman–Crippen MR) is 61.0 cm³/mol. The summed E-state index contributed by atoms with van der Waals surface area (Å²) in [7, 11) is 0. The second-order valence-electron chi connectivity index (χ2n) is 4.45. The zero-order valence-corrected chi connectivity index (χ0v) is 9.75. The molecule has 0 aliphatic heterocycles. The highest BCUT2D eigenvalue weighted by atomic mass is 19.4. The Kier molecular flexibility index (Phi) is 3.45. The Bertz CT molecular complexity index is 536. The molecule has 1 aliphatic rings. The van der Waals surface area contributed by atoms with Gasteiger partial charge in [0, 0.05) is 17.5 Å². The molecule has 2 nitrogen and oxygen atoms in total. The minimum atomic E-state index is -4.76. The summed E-state index contributed by atoms with van der Waals surface area (Å²) in [6.07, 6.45) is -1.12. The van der Waals surface area contributed by atoms with Crippen LogP contribution < -0.4 is 5.73 Å². The largest absolute Gasteiger partial charge is 0.419 e. The lowest BCUT2D eigenvalue weighted by Crippen LogP contribution is -2.19. The van der Waals surface area contributed by atoms with E-state index in [9.17, 15) is 22.4 Å². The van der Waals surface area contributed by atoms with E-state index < -0.39 is 29.3 Å². The number of rotatable bonds is 2. The van der Waals surface area contributed by atoms with Crippen molar-refractivity contribution >= 4 is 5.78 Å². The predicted octanol–water partition coefficient (Wildman–Crippen LogP) is 2.93. The van der Waals surface area contributed by atoms with Gasteiger partial charge >= 0.3 is 6.18 Å². The van der Waals surface area contributed by atoms with E-state index in [1.165, 1.54) is 0 Å². The molecule has 0 bridgehead atoms. The zero-order chi connectivity index (χ0) is 14.2. The van der Waals surface area contributed by atoms with Gasteiger partial charge in [-0.05, 0) is 18.6 Å². The van der Waals surface area contributed by atoms with E-state index in [-0.39, 0.29) is 11.6 Å². The molecular formula is C13H11F4NO. The van der Waals surface area contributed by atoms with Crippen molar-refractivity contribution in [2.45, 2.75) is 18.6 Å². The van der Waals surface area contributed by atoms with Crippen LogP contribution >= 0.6 is 0 Å². The normalized spacial score (nSPS) is 22.8. The second-order valence-corrected chi connectivity index (χ2v) is 4.45. The third kappa shape index (κ3) is 2.84. The van der Waals surface area contributed by atoms with Gasteiger partial charge in [-0.25, -0.2) is 4.39 Å². The average molecular weight is 273 g/mol. The molecule has 0 aromatic heterocycles. The van der Waals surface area contributed by atoms with Crippen LogP contribution in [0.1, 0.15) is 22.3 Å². The van der Waals surface area contributed by atoms with Crippen LogP contribution in [0.2, 0.25) is 0 Å². The van der Waals surface area contributed by atoms with Crippen LogP contribution in [-0.2, 0) is 6.18 Å². The van der Waals surface area contributed by atoms with Gasteiger partial charge in [0.1, 0.15) is 5.82 Å². The van der Waals surface area contributed by atoms with Gasteiger partial charge in [0.2, 0.25) is 0 Å². The van der Waals surface area contributed by atoms with Crippen LogP contribution in [0.5, 0.6) is 0 Å². The standard InChI is InChI=1S/C13H11F4NO/c14-11-6-8(2-4-10(11)13(15,16)17)12(19)7-1-3-9(18)5-7/h1-4,6-7,9H,5,18H2. The maximum Gasteiger partial charge on any atom is 0.419 e. The number of carbonyl (C=O) groups is 1. The molecule has 19 heavy (non-hydrogen) atoms. The van der Waals surface area contributed by atoms with Crippen LogP contribution in [0, 0.1) is 11.7 Å². The highest BCUT2D eigenvalue weighted by Gasteiger charge is 2.34. The van der Waals surface area contributed by atoms with Gasteiger partial charge in [0.25, 0.3) is 0 Å². The highest BCUT2D eigenvalue weighted by Crippen LogP contribution is 2.32. The van der Waals surface area contributed by atoms with Crippen LogP contribution in [0.25, 0.3) is 0 Å². The number of Topliss-reactive ketones (excluding diaryl/α,β-unsaturated/α-hetero) is 1. The fourth-order valence-electron chi connectivity index (χ4n) is 2.03. The molecule has 2 N–H and O–H groups in total. The number of halogens is 4. The van der Waals surface area contributed by atoms with Gasteiger partial charge < -0.3 is 5.73 Å². The molecule has 0 saturated carbocycles. The molecule has 102 valence electrons. The molecule has 0 radical (unpaired) electrons. The summed E-state index contributed by atoms with van der Waals surface area (Å²) in [5, 5.41) is 0. The van der Waals surface area contributed by atoms with Gasteiger partial charge in [0.05, 0.1) is 5.56 Å². The van der Waals surface area contributed by atoms with Crippen molar-refractivity contribution in [1.29, 1.82) is 0 Å². The summed E-state index contributed by atoms with van der Waals surface area (Å²) in [6, 6.07) is 1.96. The summed E-state index contributed by atoms with van der Waals surface area (Å²) in [5.41, 5.74) is 4.14. The molecule has 0 fully saturated rings. The molecule has 0 spiro atoms. The molecule has 1 aromatic carbocycles. The molecule has 0 heterocycles. The number of hydrogen-bond acceptors (Lipinski definition) is 2. The maximum absolute atomic E-state index is 13.4. The first kappa shape index (κ1) is 13.7. The molecule has 6 heteroatoms. The highest BCUT2D eigenvalue weighted by molar-refractivity contribution is 5.99. The first-order valence-electron chi connectivity index (χ1n) is 5.64. The smallest absolute Gasteiger partial charge is 0.324 e. The molecule has 1 aromatic rings. The number of hydrogen-bond donors (Lipinski definition) is 1. The minimum Gasteiger partial charge on any atom is -0.324 e. The third-order valence-electron chi connectivity index (χ3n) is 3.01. The van der Waals surface area contributed by atoms with E-state index in [0.29, 0.717) is 18.6 Å². The van der Waals surface area contributed by atoms with E-state index in [0.717, 1.165) is 6.07 Å². The summed E-state index contributed by atoms with van der Waals surface area (Å²) in [5.74, 6) is -2.35. The van der Waals surface area contributed by atoms with Crippen LogP contribution in [0.15, 0.2) is 30.4 Å². The lowest BCUT2D eigenvalue weighted by Gasteiger charge is -2.11. The molecule has 0 saturated heterocycles. The Labute approximate surface area is 106 Å². The van der Waals surface area contributed by atoms with Crippen molar-refractivity contribution in [2.75, 3.05) is 0 Å². The maximum atomic E-state index is 13.4. The molecule has 2 unspecified atom stereocenters. The van der Waals surface area contributed by atoms with Gasteiger partial charge in [-0.2, -0.15) is 13.2 Å². The summed E-state index contributed by atoms with van der Waals surface area (Å²) >= 11 is 0. The number of ketones is 1. The van der Waals surface area contributed by atoms with E-state index in [4.69, 9.17) is 5.73 Å². The van der Waals surface area contributed by atoms with Crippen molar-refractivity contribution in [3.63, 3.8) is 0 Å². The fraction of sp³-hybridized carbons (Fsp3) is 0.308. The fourth-order valence-corrected chi connectivity index (χ4v) is 2.03. The lowest BCUT2D eigenvalue weighted by atomic mass is 9.95. The molecule has 2 rings (SSSR count). The van der Waals surface area contributed by atoms with Crippen LogP contribution in [0.3, 0.4) is 0 Å². The zero-order valence-electron chi connectivity index (χ0n) is 9.75. The number of allylic oxidation sites excluding steroid dienone is 1. The summed E-state index contributed by atoms with van der Waals surface area (Å²) < 4.78 is 50.5. The first-order chi connectivity index (χ1) is 8.79. The molecule has 2 atom stereocenters. The topological polar surface area (TPSA) is 43.1 Å². The number of nitrogens with two attached hydrogens (primary N) is 1. The van der Waals surface area contributed by atoms with E-state index in [2.05, 4.69) is 0 Å². The summed E-state index contributed by atoms with van der Waals surface area (Å²) in [6.45, 7) is 0. The van der Waals surface area contributed by atoms with Gasteiger partial charge in [-0.1, -0.05) is 18.2 Å². The van der Waals surface area contributed by atoms with E-state index >= 15 is 0 Å². The third-order valence-corrected chi connectivity index (χ3v) is 3.01. The number of benzene rings is 1. The Morgan fingerprint density at radius 2 is 1.95 bits per heavy atom. The first-order valence-corrected chi connectivity index (χ1v) is 5.64. The number of carbonyl (C=O) groups excluding carboxylic acids is 1. The van der Waals surface area contributed by atoms with Gasteiger partial charge in [-0.15, -0.1) is 0 Å². The monoisotopic (exact) mass is 273 g/mol. The lowest BCUT2D eigenvalue weighted by molar-refractivity contribution is -0.140. The van der Waals surface area contributed by atoms with Crippen molar-refractivity contribution in [2.24, 2.45) is 11.7 Å². The van der Waals surface area contributed by atoms with Crippen molar-refractivity contribution < 1.29 is 22.4 Å². The van der Waals surface area contributed by atoms with E-state index in [1.807, 2.05) is 0 Å². The van der Waals surface area contributed by atoms with Gasteiger partial charge in [-0.3, -0.25) is 4.79 Å². The van der Waals surface area contributed by atoms with Crippen LogP contribution in [-0.4, -0.2) is 11.8 Å². The Hall–Kier alpha value is -1.69. The SMILES string of the molecule is NC1C=CC(C(=O)c2ccc(C(F)(F)F)c(F)c2)C1. The van der Waals surface area contributed by atoms with Crippen molar-refractivity contribution in [3.05, 3.63) is 47.3 Å². The second kappa shape index (κ2) is 4.77. The van der Waals surface area contributed by atoms with Crippen molar-refractivity contribution in [1.82, 2.24) is 0 Å². The Balaban J connectivity index is 2.25. The minimum absolute atomic E-state index is 0.0748. The van der Waals surface area contributed by atoms with Crippen molar-refractivity contribution in [3.8, 4) is 0 Å². The molecule has 1 aliphatic carbocycles. The summed E-state index contributed by atoms with van der Waals surface area (Å²) in [4.78, 5) is 12.0. The number of alkyl halides is 3. The Morgan fingerprint density at radius 3 is 2.42 bits per heavy atom. The average Bonchev–Trinajstić information content (AvgIpc) is 2.73. The Morgan fingerprint density at radius 1 is 1.26 bits per heavy atom. The molecular weight excluding hydrogens is 262 g/mol. The molecule has 0 amide bonds.